The molecule has 18 heavy (non-hydrogen) atoms. The van der Waals surface area contributed by atoms with Gasteiger partial charge in [0.05, 0.1) is 6.10 Å². The maximum atomic E-state index is 5.64. The van der Waals surface area contributed by atoms with E-state index in [0.29, 0.717) is 5.92 Å². The Hall–Kier alpha value is -0.900. The van der Waals surface area contributed by atoms with Crippen LogP contribution in [0.15, 0.2) is 24.3 Å². The van der Waals surface area contributed by atoms with E-state index in [9.17, 15) is 0 Å². The number of hydrogen-bond acceptors (Lipinski definition) is 3. The van der Waals surface area contributed by atoms with Crippen molar-refractivity contribution in [2.75, 3.05) is 7.11 Å². The minimum Gasteiger partial charge on any atom is -0.382 e. The highest BCUT2D eigenvalue weighted by molar-refractivity contribution is 5.26. The summed E-state index contributed by atoms with van der Waals surface area (Å²) in [6.07, 6.45) is 2.25. The monoisotopic (exact) mass is 250 g/mol. The number of nitrogens with one attached hydrogen (secondary N) is 1. The maximum absolute atomic E-state index is 5.64. The predicted molar refractivity (Wildman–Crippen MR) is 76.3 cm³/mol. The summed E-state index contributed by atoms with van der Waals surface area (Å²) < 4.78 is 5.26. The number of benzene rings is 1. The van der Waals surface area contributed by atoms with Gasteiger partial charge in [-0.15, -0.1) is 0 Å². The first-order chi connectivity index (χ1) is 8.58. The lowest BCUT2D eigenvalue weighted by Gasteiger charge is -2.19. The van der Waals surface area contributed by atoms with E-state index < -0.39 is 0 Å². The van der Waals surface area contributed by atoms with Crippen LogP contribution in [-0.4, -0.2) is 13.2 Å². The number of hydrazine groups is 1. The van der Waals surface area contributed by atoms with Gasteiger partial charge in [0, 0.05) is 13.2 Å². The van der Waals surface area contributed by atoms with Crippen LogP contribution in [0.5, 0.6) is 0 Å². The Morgan fingerprint density at radius 2 is 1.61 bits per heavy atom. The van der Waals surface area contributed by atoms with Gasteiger partial charge in [0.2, 0.25) is 0 Å². The van der Waals surface area contributed by atoms with Crippen molar-refractivity contribution in [2.24, 2.45) is 5.84 Å². The van der Waals surface area contributed by atoms with E-state index in [1.807, 2.05) is 0 Å². The largest absolute Gasteiger partial charge is 0.382 e. The Labute approximate surface area is 111 Å². The summed E-state index contributed by atoms with van der Waals surface area (Å²) >= 11 is 0. The van der Waals surface area contributed by atoms with Gasteiger partial charge in [-0.2, -0.15) is 0 Å². The summed E-state index contributed by atoms with van der Waals surface area (Å²) in [7, 11) is 1.74. The summed E-state index contributed by atoms with van der Waals surface area (Å²) in [5.74, 6) is 6.21. The SMILES string of the molecule is COC(C)CCC(NN)c1ccc(C(C)C)cc1. The third-order valence-electron chi connectivity index (χ3n) is 3.47. The molecule has 0 fully saturated rings. The van der Waals surface area contributed by atoms with Gasteiger partial charge in [0.1, 0.15) is 0 Å². The highest BCUT2D eigenvalue weighted by Crippen LogP contribution is 2.22. The fourth-order valence-electron chi connectivity index (χ4n) is 1.98. The molecule has 0 saturated carbocycles. The van der Waals surface area contributed by atoms with Crippen molar-refractivity contribution in [1.29, 1.82) is 0 Å². The number of rotatable bonds is 7. The van der Waals surface area contributed by atoms with Gasteiger partial charge in [-0.1, -0.05) is 38.1 Å². The zero-order chi connectivity index (χ0) is 13.5. The fraction of sp³-hybridized carbons (Fsp3) is 0.600. The molecule has 0 bridgehead atoms. The molecule has 3 nitrogen and oxygen atoms in total. The van der Waals surface area contributed by atoms with Crippen LogP contribution in [0.1, 0.15) is 56.7 Å². The van der Waals surface area contributed by atoms with Crippen LogP contribution in [-0.2, 0) is 4.74 Å². The van der Waals surface area contributed by atoms with Crippen LogP contribution in [0.3, 0.4) is 0 Å². The zero-order valence-electron chi connectivity index (χ0n) is 11.9. The zero-order valence-corrected chi connectivity index (χ0v) is 11.9. The van der Waals surface area contributed by atoms with Crippen LogP contribution in [0, 0.1) is 0 Å². The summed E-state index contributed by atoms with van der Waals surface area (Å²) in [5.41, 5.74) is 5.49. The van der Waals surface area contributed by atoms with Gasteiger partial charge >= 0.3 is 0 Å². The number of methoxy groups -OCH3 is 1. The standard InChI is InChI=1S/C15H26N2O/c1-11(2)13-6-8-14(9-7-13)15(17-16)10-5-12(3)18-4/h6-9,11-12,15,17H,5,10,16H2,1-4H3. The molecule has 0 aromatic heterocycles. The van der Waals surface area contributed by atoms with Crippen molar-refractivity contribution in [3.8, 4) is 0 Å². The number of ether oxygens (including phenoxy) is 1. The molecular weight excluding hydrogens is 224 g/mol. The van der Waals surface area contributed by atoms with Gasteiger partial charge in [-0.25, -0.2) is 0 Å². The average Bonchev–Trinajstić information content (AvgIpc) is 2.39. The second-order valence-electron chi connectivity index (χ2n) is 5.16. The minimum absolute atomic E-state index is 0.198. The Morgan fingerprint density at radius 1 is 1.06 bits per heavy atom. The summed E-state index contributed by atoms with van der Waals surface area (Å²) in [6, 6.07) is 8.90. The topological polar surface area (TPSA) is 47.3 Å². The molecular formula is C15H26N2O. The molecule has 2 unspecified atom stereocenters. The molecule has 1 aromatic carbocycles. The van der Waals surface area contributed by atoms with Crippen molar-refractivity contribution in [2.45, 2.75) is 51.7 Å². The van der Waals surface area contributed by atoms with Gasteiger partial charge in [-0.05, 0) is 36.8 Å². The Kier molecular flexibility index (Phi) is 6.33. The average molecular weight is 250 g/mol. The number of hydrogen-bond donors (Lipinski definition) is 2. The highest BCUT2D eigenvalue weighted by Gasteiger charge is 2.11. The van der Waals surface area contributed by atoms with E-state index in [-0.39, 0.29) is 12.1 Å². The van der Waals surface area contributed by atoms with Crippen LogP contribution < -0.4 is 11.3 Å². The van der Waals surface area contributed by atoms with E-state index in [1.165, 1.54) is 11.1 Å². The van der Waals surface area contributed by atoms with E-state index in [1.54, 1.807) is 7.11 Å². The molecule has 0 radical (unpaired) electrons. The molecule has 0 aliphatic carbocycles. The van der Waals surface area contributed by atoms with Gasteiger partial charge in [0.15, 0.2) is 0 Å². The molecule has 1 rings (SSSR count). The van der Waals surface area contributed by atoms with Crippen molar-refractivity contribution in [3.63, 3.8) is 0 Å². The van der Waals surface area contributed by atoms with Crippen LogP contribution in [0.4, 0.5) is 0 Å². The van der Waals surface area contributed by atoms with Crippen LogP contribution >= 0.6 is 0 Å². The first-order valence-electron chi connectivity index (χ1n) is 6.67. The van der Waals surface area contributed by atoms with Crippen LogP contribution in [0.25, 0.3) is 0 Å². The molecule has 1 aromatic rings. The van der Waals surface area contributed by atoms with E-state index in [4.69, 9.17) is 10.6 Å². The molecule has 2 atom stereocenters. The van der Waals surface area contributed by atoms with Crippen molar-refractivity contribution >= 4 is 0 Å². The molecule has 0 saturated heterocycles. The third kappa shape index (κ3) is 4.41. The second kappa shape index (κ2) is 7.52. The predicted octanol–water partition coefficient (Wildman–Crippen LogP) is 3.13. The molecule has 102 valence electrons. The highest BCUT2D eigenvalue weighted by atomic mass is 16.5. The molecule has 3 N–H and O–H groups in total. The fourth-order valence-corrected chi connectivity index (χ4v) is 1.98. The third-order valence-corrected chi connectivity index (χ3v) is 3.47. The van der Waals surface area contributed by atoms with Gasteiger partial charge in [0.25, 0.3) is 0 Å². The Morgan fingerprint density at radius 3 is 2.06 bits per heavy atom. The van der Waals surface area contributed by atoms with Crippen molar-refractivity contribution in [3.05, 3.63) is 35.4 Å². The summed E-state index contributed by atoms with van der Waals surface area (Å²) in [5, 5.41) is 0. The van der Waals surface area contributed by atoms with Gasteiger partial charge in [-0.3, -0.25) is 11.3 Å². The maximum Gasteiger partial charge on any atom is 0.0543 e. The lowest BCUT2D eigenvalue weighted by Crippen LogP contribution is -2.28. The van der Waals surface area contributed by atoms with E-state index in [2.05, 4.69) is 50.5 Å². The summed E-state index contributed by atoms with van der Waals surface area (Å²) in [4.78, 5) is 0. The lowest BCUT2D eigenvalue weighted by atomic mass is 9.97. The number of nitrogens with two attached hydrogens (primary N) is 1. The lowest BCUT2D eigenvalue weighted by molar-refractivity contribution is 0.106. The first-order valence-corrected chi connectivity index (χ1v) is 6.67. The molecule has 0 aliphatic heterocycles. The smallest absolute Gasteiger partial charge is 0.0543 e. The first kappa shape index (κ1) is 15.2. The Bertz CT molecular complexity index is 335. The molecule has 0 heterocycles. The van der Waals surface area contributed by atoms with Crippen molar-refractivity contribution < 1.29 is 4.74 Å². The molecule has 0 aliphatic rings. The van der Waals surface area contributed by atoms with E-state index >= 15 is 0 Å². The van der Waals surface area contributed by atoms with Crippen molar-refractivity contribution in [1.82, 2.24) is 5.43 Å². The molecule has 0 spiro atoms. The molecule has 0 amide bonds. The normalized spacial score (nSPS) is 14.8. The van der Waals surface area contributed by atoms with E-state index in [0.717, 1.165) is 12.8 Å². The summed E-state index contributed by atoms with van der Waals surface area (Å²) in [6.45, 7) is 6.48. The quantitative estimate of drug-likeness (QED) is 0.577. The van der Waals surface area contributed by atoms with Crippen LogP contribution in [0.2, 0.25) is 0 Å². The Balaban J connectivity index is 2.64. The second-order valence-corrected chi connectivity index (χ2v) is 5.16. The van der Waals surface area contributed by atoms with Gasteiger partial charge < -0.3 is 4.74 Å². The molecule has 3 heteroatoms. The minimum atomic E-state index is 0.198.